The molecule has 0 aliphatic heterocycles. The summed E-state index contributed by atoms with van der Waals surface area (Å²) in [7, 11) is 1.00. The quantitative estimate of drug-likeness (QED) is 0.275. The predicted octanol–water partition coefficient (Wildman–Crippen LogP) is 0.910. The summed E-state index contributed by atoms with van der Waals surface area (Å²) in [5, 5.41) is 56.0. The molecule has 0 saturated carbocycles. The smallest absolute Gasteiger partial charge is 0.330 e. The van der Waals surface area contributed by atoms with E-state index < -0.39 is 17.9 Å². The molecule has 172 valence electrons. The van der Waals surface area contributed by atoms with Crippen LogP contribution in [0.25, 0.3) is 0 Å². The summed E-state index contributed by atoms with van der Waals surface area (Å²) in [5.74, 6) is -2.85. The zero-order valence-electron chi connectivity index (χ0n) is 17.6. The fourth-order valence-corrected chi connectivity index (χ4v) is 0.620. The van der Waals surface area contributed by atoms with Gasteiger partial charge in [0.25, 0.3) is 0 Å². The fraction of sp³-hybridized carbons (Fsp3) is 0.526. The summed E-state index contributed by atoms with van der Waals surface area (Å²) >= 11 is 0. The van der Waals surface area contributed by atoms with Crippen molar-refractivity contribution in [3.8, 4) is 0 Å². The van der Waals surface area contributed by atoms with Crippen molar-refractivity contribution in [1.82, 2.24) is 0 Å². The zero-order valence-corrected chi connectivity index (χ0v) is 17.6. The maximum Gasteiger partial charge on any atom is 0.330 e. The lowest BCUT2D eigenvalue weighted by atomic mass is 10.1. The molecule has 0 atom stereocenters. The van der Waals surface area contributed by atoms with Crippen molar-refractivity contribution < 1.29 is 50.1 Å². The molecule has 0 amide bonds. The Labute approximate surface area is 171 Å². The molecule has 0 aliphatic rings. The summed E-state index contributed by atoms with van der Waals surface area (Å²) in [5.41, 5.74) is 0.528. The average Bonchev–Trinajstić information content (AvgIpc) is 2.65. The fourth-order valence-electron chi connectivity index (χ4n) is 0.620. The summed E-state index contributed by atoms with van der Waals surface area (Å²) in [4.78, 5) is 28.8. The van der Waals surface area contributed by atoms with Gasteiger partial charge in [0.15, 0.2) is 0 Å². The molecule has 0 aromatic rings. The average molecular weight is 424 g/mol. The van der Waals surface area contributed by atoms with E-state index in [0.29, 0.717) is 12.8 Å². The lowest BCUT2D eigenvalue weighted by molar-refractivity contribution is -0.133. The van der Waals surface area contributed by atoms with Crippen molar-refractivity contribution in [1.29, 1.82) is 0 Å². The van der Waals surface area contributed by atoms with E-state index in [2.05, 4.69) is 19.7 Å². The molecule has 0 unspecified atom stereocenters. The van der Waals surface area contributed by atoms with Crippen LogP contribution in [0.15, 0.2) is 36.5 Å². The normalized spacial score (nSPS) is 8.17. The van der Waals surface area contributed by atoms with Crippen LogP contribution in [0.3, 0.4) is 0 Å². The van der Waals surface area contributed by atoms with E-state index in [1.54, 1.807) is 0 Å². The molecule has 0 rings (SSSR count). The first kappa shape index (κ1) is 37.3. The molecule has 7 N–H and O–H groups in total. The van der Waals surface area contributed by atoms with Gasteiger partial charge in [0.1, 0.15) is 0 Å². The number of hydrogen-bond acceptors (Lipinski definition) is 7. The summed E-state index contributed by atoms with van der Waals surface area (Å²) < 4.78 is 0. The molecular formula is C19H36O10. The van der Waals surface area contributed by atoms with Crippen LogP contribution in [0.5, 0.6) is 0 Å². The highest BCUT2D eigenvalue weighted by molar-refractivity contribution is 5.85. The van der Waals surface area contributed by atoms with Crippen LogP contribution < -0.4 is 0 Å². The van der Waals surface area contributed by atoms with E-state index >= 15 is 0 Å². The van der Waals surface area contributed by atoms with Crippen molar-refractivity contribution in [2.45, 2.75) is 33.6 Å². The summed E-state index contributed by atoms with van der Waals surface area (Å²) in [6.07, 6.45) is 1.36. The Hall–Kier alpha value is -2.53. The minimum atomic E-state index is -0.935. The molecule has 0 aromatic carbocycles. The second-order valence-electron chi connectivity index (χ2n) is 5.35. The molecule has 0 fully saturated rings. The molecule has 0 saturated heterocycles. The van der Waals surface area contributed by atoms with Crippen molar-refractivity contribution >= 4 is 17.9 Å². The van der Waals surface area contributed by atoms with E-state index in [1.807, 2.05) is 0 Å². The third-order valence-corrected chi connectivity index (χ3v) is 2.38. The molecule has 0 radical (unpaired) electrons. The van der Waals surface area contributed by atoms with Gasteiger partial charge in [-0.1, -0.05) is 19.7 Å². The van der Waals surface area contributed by atoms with Crippen molar-refractivity contribution in [2.75, 3.05) is 26.9 Å². The Balaban J connectivity index is -0.0000000871. The standard InChI is InChI=1S/C6H14O3.3C4H6O2.CH4O/c7-3-1-2-6(4-8)5-9;3*1-3(2)4(5)6;1-2/h6-9H,1-5H2;3*1H2,2H3,(H,5,6);2H,1H3. The van der Waals surface area contributed by atoms with Gasteiger partial charge in [-0.15, -0.1) is 0 Å². The number of aliphatic hydroxyl groups is 4. The molecule has 10 heteroatoms. The number of aliphatic carboxylic acids is 3. The van der Waals surface area contributed by atoms with Crippen LogP contribution in [0.4, 0.5) is 0 Å². The Kier molecular flexibility index (Phi) is 35.6. The van der Waals surface area contributed by atoms with Crippen molar-refractivity contribution in [3.05, 3.63) is 36.5 Å². The third kappa shape index (κ3) is 46.0. The number of rotatable bonds is 8. The number of hydrogen-bond donors (Lipinski definition) is 7. The van der Waals surface area contributed by atoms with Crippen molar-refractivity contribution in [2.24, 2.45) is 5.92 Å². The summed E-state index contributed by atoms with van der Waals surface area (Å²) in [6.45, 7) is 14.0. The number of aliphatic hydroxyl groups excluding tert-OH is 4. The number of carboxylic acid groups (broad SMARTS) is 3. The molecular weight excluding hydrogens is 388 g/mol. The van der Waals surface area contributed by atoms with Gasteiger partial charge in [0.2, 0.25) is 0 Å². The molecule has 29 heavy (non-hydrogen) atoms. The lowest BCUT2D eigenvalue weighted by Gasteiger charge is -2.07. The number of carbonyl (C=O) groups is 3. The van der Waals surface area contributed by atoms with Gasteiger partial charge in [0.05, 0.1) is 0 Å². The van der Waals surface area contributed by atoms with Crippen LogP contribution in [-0.2, 0) is 14.4 Å². The van der Waals surface area contributed by atoms with Crippen LogP contribution in [0, 0.1) is 5.92 Å². The minimum absolute atomic E-state index is 0.0104. The maximum absolute atomic E-state index is 9.60. The molecule has 0 heterocycles. The highest BCUT2D eigenvalue weighted by Gasteiger charge is 2.03. The molecule has 0 bridgehead atoms. The predicted molar refractivity (Wildman–Crippen MR) is 109 cm³/mol. The molecule has 0 spiro atoms. The van der Waals surface area contributed by atoms with Crippen LogP contribution in [0.2, 0.25) is 0 Å². The first-order valence-corrected chi connectivity index (χ1v) is 8.21. The van der Waals surface area contributed by atoms with E-state index in [1.165, 1.54) is 20.8 Å². The van der Waals surface area contributed by atoms with E-state index in [9.17, 15) is 14.4 Å². The molecule has 10 nitrogen and oxygen atoms in total. The summed E-state index contributed by atoms with van der Waals surface area (Å²) in [6, 6.07) is 0. The second-order valence-corrected chi connectivity index (χ2v) is 5.35. The minimum Gasteiger partial charge on any atom is -0.478 e. The third-order valence-electron chi connectivity index (χ3n) is 2.38. The largest absolute Gasteiger partial charge is 0.478 e. The van der Waals surface area contributed by atoms with Gasteiger partial charge in [-0.25, -0.2) is 14.4 Å². The monoisotopic (exact) mass is 424 g/mol. The van der Waals surface area contributed by atoms with E-state index in [0.717, 1.165) is 7.11 Å². The van der Waals surface area contributed by atoms with Gasteiger partial charge in [-0.05, 0) is 33.6 Å². The molecule has 0 aromatic heterocycles. The SMILES string of the molecule is C=C(C)C(=O)O.C=C(C)C(=O)O.C=C(C)C(=O)O.CO.OCCCC(CO)CO. The van der Waals surface area contributed by atoms with E-state index in [-0.39, 0.29) is 42.5 Å². The first-order chi connectivity index (χ1) is 13.3. The Morgan fingerprint density at radius 3 is 1.00 bits per heavy atom. The Morgan fingerprint density at radius 1 is 0.690 bits per heavy atom. The maximum atomic E-state index is 9.60. The Morgan fingerprint density at radius 2 is 0.897 bits per heavy atom. The van der Waals surface area contributed by atoms with Gasteiger partial charge in [-0.2, -0.15) is 0 Å². The van der Waals surface area contributed by atoms with E-state index in [4.69, 9.17) is 35.7 Å². The van der Waals surface area contributed by atoms with Crippen molar-refractivity contribution in [3.63, 3.8) is 0 Å². The lowest BCUT2D eigenvalue weighted by Crippen LogP contribution is -2.11. The van der Waals surface area contributed by atoms with Gasteiger partial charge >= 0.3 is 17.9 Å². The highest BCUT2D eigenvalue weighted by atomic mass is 16.4. The van der Waals surface area contributed by atoms with Gasteiger partial charge < -0.3 is 35.7 Å². The number of carboxylic acids is 3. The van der Waals surface area contributed by atoms with Crippen LogP contribution in [-0.4, -0.2) is 80.6 Å². The van der Waals surface area contributed by atoms with Gasteiger partial charge in [0, 0.05) is 49.6 Å². The van der Waals surface area contributed by atoms with Gasteiger partial charge in [-0.3, -0.25) is 0 Å². The first-order valence-electron chi connectivity index (χ1n) is 8.21. The second kappa shape index (κ2) is 27.7. The van der Waals surface area contributed by atoms with Crippen LogP contribution >= 0.6 is 0 Å². The highest BCUT2D eigenvalue weighted by Crippen LogP contribution is 2.02. The molecule has 0 aliphatic carbocycles. The topological polar surface area (TPSA) is 193 Å². The Bertz CT molecular complexity index is 386. The van der Waals surface area contributed by atoms with Crippen LogP contribution in [0.1, 0.15) is 33.6 Å². The zero-order chi connectivity index (χ0) is 24.6.